The smallest absolute Gasteiger partial charge is 0.252 e. The maximum Gasteiger partial charge on any atom is 0.252 e. The molecule has 5 heteroatoms. The summed E-state index contributed by atoms with van der Waals surface area (Å²) >= 11 is 0. The first-order valence-corrected chi connectivity index (χ1v) is 7.56. The van der Waals surface area contributed by atoms with E-state index < -0.39 is 0 Å². The molecule has 3 rings (SSSR count). The minimum absolute atomic E-state index is 0.104. The molecule has 23 heavy (non-hydrogen) atoms. The second-order valence-corrected chi connectivity index (χ2v) is 5.49. The van der Waals surface area contributed by atoms with Gasteiger partial charge in [0.25, 0.3) is 5.91 Å². The molecule has 0 bridgehead atoms. The molecule has 0 spiro atoms. The molecule has 118 valence electrons. The third kappa shape index (κ3) is 3.14. The Balaban J connectivity index is 1.85. The molecule has 1 N–H and O–H groups in total. The summed E-state index contributed by atoms with van der Waals surface area (Å²) in [6.45, 7) is 0.330. The lowest BCUT2D eigenvalue weighted by Gasteiger charge is -2.18. The van der Waals surface area contributed by atoms with E-state index in [1.807, 2.05) is 18.2 Å². The number of carbonyl (C=O) groups excluding carboxylic acids is 2. The molecule has 1 aliphatic rings. The standard InChI is InChI=1S/C18H18N2O3/c1-23-11-16(15-7-2-3-10-19-15)20-18(22)14-6-4-5-13-12(14)8-9-17(13)21/h2-7,10,16H,8-9,11H2,1H3,(H,20,22)/t16-/m0/s1. The molecule has 1 aliphatic carbocycles. The van der Waals surface area contributed by atoms with E-state index in [0.717, 1.165) is 11.3 Å². The number of aromatic nitrogens is 1. The summed E-state index contributed by atoms with van der Waals surface area (Å²) in [5, 5.41) is 2.96. The number of Topliss-reactive ketones (excluding diaryl/α,β-unsaturated/α-hetero) is 1. The number of hydrogen-bond donors (Lipinski definition) is 1. The van der Waals surface area contributed by atoms with E-state index >= 15 is 0 Å². The van der Waals surface area contributed by atoms with Crippen LogP contribution < -0.4 is 5.32 Å². The fourth-order valence-electron chi connectivity index (χ4n) is 2.89. The van der Waals surface area contributed by atoms with Gasteiger partial charge in [0, 0.05) is 30.9 Å². The summed E-state index contributed by atoms with van der Waals surface area (Å²) in [5.74, 6) is -0.0999. The number of carbonyl (C=O) groups is 2. The van der Waals surface area contributed by atoms with Gasteiger partial charge in [-0.25, -0.2) is 0 Å². The number of nitrogens with zero attached hydrogens (tertiary/aromatic N) is 1. The highest BCUT2D eigenvalue weighted by atomic mass is 16.5. The number of nitrogens with one attached hydrogen (secondary N) is 1. The maximum atomic E-state index is 12.7. The molecule has 1 atom stereocenters. The van der Waals surface area contributed by atoms with E-state index in [1.54, 1.807) is 31.5 Å². The van der Waals surface area contributed by atoms with E-state index in [0.29, 0.717) is 30.6 Å². The topological polar surface area (TPSA) is 68.3 Å². The fourth-order valence-corrected chi connectivity index (χ4v) is 2.89. The number of ketones is 1. The number of hydrogen-bond acceptors (Lipinski definition) is 4. The normalized spacial score (nSPS) is 14.4. The molecule has 0 saturated carbocycles. The number of rotatable bonds is 5. The van der Waals surface area contributed by atoms with Gasteiger partial charge in [-0.2, -0.15) is 0 Å². The molecule has 5 nitrogen and oxygen atoms in total. The van der Waals surface area contributed by atoms with Crippen LogP contribution in [-0.4, -0.2) is 30.4 Å². The average molecular weight is 310 g/mol. The fraction of sp³-hybridized carbons (Fsp3) is 0.278. The van der Waals surface area contributed by atoms with Gasteiger partial charge in [0.05, 0.1) is 18.3 Å². The lowest BCUT2D eigenvalue weighted by Crippen LogP contribution is -2.32. The molecule has 1 aromatic carbocycles. The third-order valence-corrected chi connectivity index (χ3v) is 4.01. The van der Waals surface area contributed by atoms with Crippen LogP contribution in [0.15, 0.2) is 42.6 Å². The summed E-state index contributed by atoms with van der Waals surface area (Å²) in [7, 11) is 1.58. The zero-order valence-electron chi connectivity index (χ0n) is 12.9. The predicted molar refractivity (Wildman–Crippen MR) is 85.4 cm³/mol. The van der Waals surface area contributed by atoms with Gasteiger partial charge < -0.3 is 10.1 Å². The van der Waals surface area contributed by atoms with Crippen molar-refractivity contribution in [3.05, 3.63) is 65.0 Å². The molecule has 0 fully saturated rings. The van der Waals surface area contributed by atoms with Crippen LogP contribution in [0.25, 0.3) is 0 Å². The second kappa shape index (κ2) is 6.71. The van der Waals surface area contributed by atoms with Crippen LogP contribution in [0.2, 0.25) is 0 Å². The van der Waals surface area contributed by atoms with Gasteiger partial charge in [-0.1, -0.05) is 18.2 Å². The lowest BCUT2D eigenvalue weighted by molar-refractivity contribution is 0.0893. The Morgan fingerprint density at radius 1 is 1.26 bits per heavy atom. The number of amides is 1. The summed E-state index contributed by atoms with van der Waals surface area (Å²) in [5.41, 5.74) is 2.81. The van der Waals surface area contributed by atoms with Gasteiger partial charge in [-0.05, 0) is 30.2 Å². The summed E-state index contributed by atoms with van der Waals surface area (Å²) in [4.78, 5) is 28.8. The predicted octanol–water partition coefficient (Wildman–Crippen LogP) is 2.33. The molecule has 0 aliphatic heterocycles. The number of benzene rings is 1. The van der Waals surface area contributed by atoms with Gasteiger partial charge in [-0.15, -0.1) is 0 Å². The van der Waals surface area contributed by atoms with Gasteiger partial charge in [0.2, 0.25) is 0 Å². The Morgan fingerprint density at radius 3 is 2.87 bits per heavy atom. The van der Waals surface area contributed by atoms with Crippen molar-refractivity contribution < 1.29 is 14.3 Å². The molecule has 1 aromatic heterocycles. The SMILES string of the molecule is COC[C@H](NC(=O)c1cccc2c1CCC2=O)c1ccccn1. The first-order valence-electron chi connectivity index (χ1n) is 7.56. The van der Waals surface area contributed by atoms with Gasteiger partial charge in [0.15, 0.2) is 5.78 Å². The third-order valence-electron chi connectivity index (χ3n) is 4.01. The van der Waals surface area contributed by atoms with Crippen LogP contribution >= 0.6 is 0 Å². The minimum atomic E-state index is -0.332. The van der Waals surface area contributed by atoms with Crippen molar-refractivity contribution in [1.29, 1.82) is 0 Å². The molecular weight excluding hydrogens is 292 g/mol. The number of methoxy groups -OCH3 is 1. The van der Waals surface area contributed by atoms with Crippen LogP contribution in [-0.2, 0) is 11.2 Å². The highest BCUT2D eigenvalue weighted by Gasteiger charge is 2.25. The zero-order chi connectivity index (χ0) is 16.2. The molecule has 1 heterocycles. The van der Waals surface area contributed by atoms with Crippen molar-refractivity contribution in [2.75, 3.05) is 13.7 Å². The zero-order valence-corrected chi connectivity index (χ0v) is 12.9. The second-order valence-electron chi connectivity index (χ2n) is 5.49. The first kappa shape index (κ1) is 15.4. The Morgan fingerprint density at radius 2 is 2.13 bits per heavy atom. The first-order chi connectivity index (χ1) is 11.2. The highest BCUT2D eigenvalue weighted by molar-refractivity contribution is 6.05. The van der Waals surface area contributed by atoms with Crippen LogP contribution in [0.3, 0.4) is 0 Å². The summed E-state index contributed by atoms with van der Waals surface area (Å²) in [6.07, 6.45) is 2.78. The van der Waals surface area contributed by atoms with E-state index in [9.17, 15) is 9.59 Å². The van der Waals surface area contributed by atoms with E-state index in [4.69, 9.17) is 4.74 Å². The highest BCUT2D eigenvalue weighted by Crippen LogP contribution is 2.25. The largest absolute Gasteiger partial charge is 0.382 e. The van der Waals surface area contributed by atoms with Crippen molar-refractivity contribution in [3.8, 4) is 0 Å². The van der Waals surface area contributed by atoms with E-state index in [2.05, 4.69) is 10.3 Å². The number of fused-ring (bicyclic) bond motifs is 1. The molecule has 0 unspecified atom stereocenters. The van der Waals surface area contributed by atoms with Crippen LogP contribution in [0, 0.1) is 0 Å². The van der Waals surface area contributed by atoms with E-state index in [-0.39, 0.29) is 17.7 Å². The number of pyridine rings is 1. The van der Waals surface area contributed by atoms with Crippen LogP contribution in [0.1, 0.15) is 44.4 Å². The van der Waals surface area contributed by atoms with Crippen molar-refractivity contribution in [2.45, 2.75) is 18.9 Å². The maximum absolute atomic E-state index is 12.7. The van der Waals surface area contributed by atoms with Crippen molar-refractivity contribution in [1.82, 2.24) is 10.3 Å². The molecule has 2 aromatic rings. The molecule has 0 radical (unpaired) electrons. The average Bonchev–Trinajstić information content (AvgIpc) is 2.96. The Kier molecular flexibility index (Phi) is 4.48. The van der Waals surface area contributed by atoms with Crippen LogP contribution in [0.4, 0.5) is 0 Å². The minimum Gasteiger partial charge on any atom is -0.382 e. The van der Waals surface area contributed by atoms with Crippen LogP contribution in [0.5, 0.6) is 0 Å². The Hall–Kier alpha value is -2.53. The molecular formula is C18H18N2O3. The Labute approximate surface area is 134 Å². The van der Waals surface area contributed by atoms with Crippen molar-refractivity contribution >= 4 is 11.7 Å². The van der Waals surface area contributed by atoms with Crippen molar-refractivity contribution in [3.63, 3.8) is 0 Å². The number of ether oxygens (including phenoxy) is 1. The van der Waals surface area contributed by atoms with Gasteiger partial charge >= 0.3 is 0 Å². The molecule has 1 amide bonds. The Bertz CT molecular complexity index is 728. The quantitative estimate of drug-likeness (QED) is 0.920. The lowest BCUT2D eigenvalue weighted by atomic mass is 10.0. The summed E-state index contributed by atoms with van der Waals surface area (Å²) in [6, 6.07) is 10.5. The van der Waals surface area contributed by atoms with Gasteiger partial charge in [-0.3, -0.25) is 14.6 Å². The van der Waals surface area contributed by atoms with Crippen molar-refractivity contribution in [2.24, 2.45) is 0 Å². The summed E-state index contributed by atoms with van der Waals surface area (Å²) < 4.78 is 5.20. The molecule has 0 saturated heterocycles. The monoisotopic (exact) mass is 310 g/mol. The van der Waals surface area contributed by atoms with Gasteiger partial charge in [0.1, 0.15) is 0 Å². The van der Waals surface area contributed by atoms with E-state index in [1.165, 1.54) is 0 Å².